The molecule has 1 aliphatic rings. The summed E-state index contributed by atoms with van der Waals surface area (Å²) in [6, 6.07) is 9.74. The fraction of sp³-hybridized carbons (Fsp3) is 0.632. The number of rotatable bonds is 7. The molecule has 1 aliphatic carbocycles. The predicted molar refractivity (Wildman–Crippen MR) is 93.1 cm³/mol. The molecule has 0 saturated heterocycles. The Morgan fingerprint density at radius 1 is 1.22 bits per heavy atom. The fourth-order valence-corrected chi connectivity index (χ4v) is 3.55. The highest BCUT2D eigenvalue weighted by molar-refractivity contribution is 5.76. The first-order valence-electron chi connectivity index (χ1n) is 8.74. The number of benzene rings is 1. The van der Waals surface area contributed by atoms with Crippen molar-refractivity contribution >= 4 is 5.91 Å². The number of aliphatic hydroxyl groups excluding tert-OH is 1. The molecule has 0 aliphatic heterocycles. The van der Waals surface area contributed by atoms with Crippen molar-refractivity contribution in [2.45, 2.75) is 50.7 Å². The Kier molecular flexibility index (Phi) is 7.06. The van der Waals surface area contributed by atoms with Crippen LogP contribution in [0.5, 0.6) is 0 Å². The quantitative estimate of drug-likeness (QED) is 0.813. The minimum atomic E-state index is -0.733. The Balaban J connectivity index is 1.81. The number of hydrogen-bond donors (Lipinski definition) is 2. The maximum absolute atomic E-state index is 12.1. The van der Waals surface area contributed by atoms with Crippen LogP contribution in [0.4, 0.5) is 0 Å². The van der Waals surface area contributed by atoms with Gasteiger partial charge in [-0.3, -0.25) is 4.79 Å². The van der Waals surface area contributed by atoms with E-state index < -0.39 is 6.10 Å². The number of nitrogens with zero attached hydrogens (tertiary/aromatic N) is 1. The molecule has 0 heterocycles. The molecule has 0 bridgehead atoms. The number of aliphatic hydroxyl groups is 1. The standard InChI is InChI=1S/C19H30N2O2/c1-21(2)17(15-9-5-3-6-10-15)14-20-19(23)13-18(22)16-11-7-4-8-12-16/h4,7-8,11-12,15,17-18,22H,3,5-6,9-10,13-14H2,1-2H3,(H,20,23). The van der Waals surface area contributed by atoms with Crippen LogP contribution < -0.4 is 5.32 Å². The van der Waals surface area contributed by atoms with Gasteiger partial charge in [-0.25, -0.2) is 0 Å². The van der Waals surface area contributed by atoms with Gasteiger partial charge >= 0.3 is 0 Å². The van der Waals surface area contributed by atoms with E-state index in [2.05, 4.69) is 24.3 Å². The average Bonchev–Trinajstić information content (AvgIpc) is 2.56. The molecule has 1 fully saturated rings. The van der Waals surface area contributed by atoms with Crippen LogP contribution in [0, 0.1) is 5.92 Å². The summed E-state index contributed by atoms with van der Waals surface area (Å²) in [7, 11) is 4.18. The molecule has 2 atom stereocenters. The number of amides is 1. The van der Waals surface area contributed by atoms with Crippen LogP contribution in [0.2, 0.25) is 0 Å². The zero-order valence-corrected chi connectivity index (χ0v) is 14.4. The van der Waals surface area contributed by atoms with E-state index in [1.54, 1.807) is 0 Å². The Hall–Kier alpha value is -1.39. The third-order valence-electron chi connectivity index (χ3n) is 4.93. The molecular weight excluding hydrogens is 288 g/mol. The highest BCUT2D eigenvalue weighted by Gasteiger charge is 2.25. The van der Waals surface area contributed by atoms with Crippen LogP contribution in [0.1, 0.15) is 50.2 Å². The summed E-state index contributed by atoms with van der Waals surface area (Å²) in [5, 5.41) is 13.2. The van der Waals surface area contributed by atoms with E-state index in [-0.39, 0.29) is 12.3 Å². The highest BCUT2D eigenvalue weighted by atomic mass is 16.3. The van der Waals surface area contributed by atoms with Crippen molar-refractivity contribution < 1.29 is 9.90 Å². The zero-order chi connectivity index (χ0) is 16.7. The number of carbonyl (C=O) groups is 1. The van der Waals surface area contributed by atoms with Crippen molar-refractivity contribution in [3.8, 4) is 0 Å². The average molecular weight is 318 g/mol. The largest absolute Gasteiger partial charge is 0.388 e. The van der Waals surface area contributed by atoms with Crippen LogP contribution in [-0.2, 0) is 4.79 Å². The van der Waals surface area contributed by atoms with Crippen molar-refractivity contribution in [3.63, 3.8) is 0 Å². The maximum atomic E-state index is 12.1. The lowest BCUT2D eigenvalue weighted by Gasteiger charge is -2.35. The summed E-state index contributed by atoms with van der Waals surface area (Å²) in [4.78, 5) is 14.4. The molecule has 2 N–H and O–H groups in total. The summed E-state index contributed by atoms with van der Waals surface area (Å²) >= 11 is 0. The van der Waals surface area contributed by atoms with E-state index in [9.17, 15) is 9.90 Å². The first-order valence-corrected chi connectivity index (χ1v) is 8.74. The lowest BCUT2D eigenvalue weighted by atomic mass is 9.83. The van der Waals surface area contributed by atoms with E-state index in [0.29, 0.717) is 18.5 Å². The van der Waals surface area contributed by atoms with E-state index in [4.69, 9.17) is 0 Å². The second-order valence-electron chi connectivity index (χ2n) is 6.86. The summed E-state index contributed by atoms with van der Waals surface area (Å²) < 4.78 is 0. The van der Waals surface area contributed by atoms with Gasteiger partial charge in [0.25, 0.3) is 0 Å². The van der Waals surface area contributed by atoms with Crippen molar-refractivity contribution in [1.29, 1.82) is 0 Å². The van der Waals surface area contributed by atoms with Crippen molar-refractivity contribution in [2.24, 2.45) is 5.92 Å². The molecule has 4 nitrogen and oxygen atoms in total. The monoisotopic (exact) mass is 318 g/mol. The summed E-state index contributed by atoms with van der Waals surface area (Å²) in [5.41, 5.74) is 0.791. The van der Waals surface area contributed by atoms with Crippen LogP contribution in [0.3, 0.4) is 0 Å². The van der Waals surface area contributed by atoms with Crippen LogP contribution in [-0.4, -0.2) is 42.6 Å². The molecule has 2 unspecified atom stereocenters. The SMILES string of the molecule is CN(C)C(CNC(=O)CC(O)c1ccccc1)C1CCCCC1. The molecular formula is C19H30N2O2. The molecule has 23 heavy (non-hydrogen) atoms. The maximum Gasteiger partial charge on any atom is 0.223 e. The second-order valence-corrected chi connectivity index (χ2v) is 6.86. The Labute approximate surface area is 139 Å². The molecule has 1 aromatic carbocycles. The molecule has 4 heteroatoms. The van der Waals surface area contributed by atoms with Crippen molar-refractivity contribution in [2.75, 3.05) is 20.6 Å². The van der Waals surface area contributed by atoms with Crippen molar-refractivity contribution in [3.05, 3.63) is 35.9 Å². The first-order chi connectivity index (χ1) is 11.1. The molecule has 1 amide bonds. The molecule has 1 saturated carbocycles. The Morgan fingerprint density at radius 2 is 1.87 bits per heavy atom. The fourth-order valence-electron chi connectivity index (χ4n) is 3.55. The first kappa shape index (κ1) is 18.0. The lowest BCUT2D eigenvalue weighted by Crippen LogP contribution is -2.45. The van der Waals surface area contributed by atoms with E-state index >= 15 is 0 Å². The topological polar surface area (TPSA) is 52.6 Å². The minimum absolute atomic E-state index is 0.0796. The van der Waals surface area contributed by atoms with Crippen LogP contribution in [0.15, 0.2) is 30.3 Å². The lowest BCUT2D eigenvalue weighted by molar-refractivity contribution is -0.123. The summed E-state index contributed by atoms with van der Waals surface area (Å²) in [6.45, 7) is 0.665. The molecule has 128 valence electrons. The minimum Gasteiger partial charge on any atom is -0.388 e. The van der Waals surface area contributed by atoms with E-state index in [1.807, 2.05) is 30.3 Å². The normalized spacial score (nSPS) is 18.6. The van der Waals surface area contributed by atoms with Gasteiger partial charge in [-0.15, -0.1) is 0 Å². The van der Waals surface area contributed by atoms with Gasteiger partial charge in [0.15, 0.2) is 0 Å². The van der Waals surface area contributed by atoms with Gasteiger partial charge in [-0.05, 0) is 38.4 Å². The highest BCUT2D eigenvalue weighted by Crippen LogP contribution is 2.28. The van der Waals surface area contributed by atoms with Crippen LogP contribution in [0.25, 0.3) is 0 Å². The van der Waals surface area contributed by atoms with Gasteiger partial charge in [0.1, 0.15) is 0 Å². The van der Waals surface area contributed by atoms with Crippen molar-refractivity contribution in [1.82, 2.24) is 10.2 Å². The third-order valence-corrected chi connectivity index (χ3v) is 4.93. The van der Waals surface area contributed by atoms with Gasteiger partial charge in [-0.2, -0.15) is 0 Å². The third kappa shape index (κ3) is 5.63. The number of hydrogen-bond acceptors (Lipinski definition) is 3. The molecule has 2 rings (SSSR count). The van der Waals surface area contributed by atoms with Gasteiger partial charge in [0.05, 0.1) is 12.5 Å². The van der Waals surface area contributed by atoms with E-state index in [1.165, 1.54) is 32.1 Å². The smallest absolute Gasteiger partial charge is 0.223 e. The number of carbonyl (C=O) groups excluding carboxylic acids is 1. The van der Waals surface area contributed by atoms with Gasteiger partial charge in [0.2, 0.25) is 5.91 Å². The van der Waals surface area contributed by atoms with E-state index in [0.717, 1.165) is 5.56 Å². The second kappa shape index (κ2) is 9.04. The zero-order valence-electron chi connectivity index (χ0n) is 14.4. The Morgan fingerprint density at radius 3 is 2.48 bits per heavy atom. The summed E-state index contributed by atoms with van der Waals surface area (Å²) in [5.74, 6) is 0.585. The number of likely N-dealkylation sites (N-methyl/N-ethyl adjacent to an activating group) is 1. The molecule has 0 spiro atoms. The number of nitrogens with one attached hydrogen (secondary N) is 1. The Bertz CT molecular complexity index is 470. The molecule has 1 aromatic rings. The predicted octanol–water partition coefficient (Wildman–Crippen LogP) is 2.74. The van der Waals surface area contributed by atoms with Gasteiger partial charge in [0, 0.05) is 12.6 Å². The van der Waals surface area contributed by atoms with Gasteiger partial charge in [-0.1, -0.05) is 49.6 Å². The summed E-state index contributed by atoms with van der Waals surface area (Å²) in [6.07, 6.45) is 5.84. The van der Waals surface area contributed by atoms with Crippen LogP contribution >= 0.6 is 0 Å². The molecule has 0 aromatic heterocycles. The van der Waals surface area contributed by atoms with Gasteiger partial charge < -0.3 is 15.3 Å². The molecule has 0 radical (unpaired) electrons.